The van der Waals surface area contributed by atoms with Crippen LogP contribution in [0.25, 0.3) is 0 Å². The molecule has 1 atom stereocenters. The van der Waals surface area contributed by atoms with Crippen LogP contribution in [0.4, 0.5) is 0 Å². The van der Waals surface area contributed by atoms with Crippen LogP contribution in [0.15, 0.2) is 42.5 Å². The van der Waals surface area contributed by atoms with Crippen molar-refractivity contribution in [2.45, 2.75) is 25.5 Å². The molecule has 0 radical (unpaired) electrons. The van der Waals surface area contributed by atoms with E-state index < -0.39 is 0 Å². The Labute approximate surface area is 101 Å². The number of nitrogens with one attached hydrogen (secondary N) is 1. The molecular formula is C14H17NO2. The highest BCUT2D eigenvalue weighted by Gasteiger charge is 2.11. The van der Waals surface area contributed by atoms with Crippen LogP contribution in [0.1, 0.15) is 18.4 Å². The molecule has 0 fully saturated rings. The van der Waals surface area contributed by atoms with Gasteiger partial charge in [0, 0.05) is 6.42 Å². The van der Waals surface area contributed by atoms with Crippen LogP contribution in [0.5, 0.6) is 0 Å². The Balaban J connectivity index is 1.76. The predicted octanol–water partition coefficient (Wildman–Crippen LogP) is 2.04. The Hall–Kier alpha value is -1.61. The van der Waals surface area contributed by atoms with E-state index in [0.29, 0.717) is 19.6 Å². The molecule has 2 rings (SSSR count). The van der Waals surface area contributed by atoms with Crippen LogP contribution in [0, 0.1) is 0 Å². The van der Waals surface area contributed by atoms with E-state index in [9.17, 15) is 4.79 Å². The lowest BCUT2D eigenvalue weighted by Gasteiger charge is -2.13. The molecule has 0 aliphatic carbocycles. The van der Waals surface area contributed by atoms with Crippen LogP contribution in [0.2, 0.25) is 0 Å². The largest absolute Gasteiger partial charge is 0.374 e. The summed E-state index contributed by atoms with van der Waals surface area (Å²) in [6.07, 6.45) is 5.44. The molecule has 1 amide bonds. The fourth-order valence-corrected chi connectivity index (χ4v) is 1.78. The summed E-state index contributed by atoms with van der Waals surface area (Å²) in [5.74, 6) is 0.100. The summed E-state index contributed by atoms with van der Waals surface area (Å²) < 4.78 is 5.60. The Morgan fingerprint density at radius 1 is 1.29 bits per heavy atom. The van der Waals surface area contributed by atoms with Crippen LogP contribution >= 0.6 is 0 Å². The molecule has 1 aromatic carbocycles. The highest BCUT2D eigenvalue weighted by molar-refractivity contribution is 5.77. The van der Waals surface area contributed by atoms with Crippen molar-refractivity contribution in [3.8, 4) is 0 Å². The van der Waals surface area contributed by atoms with Gasteiger partial charge in [0.1, 0.15) is 0 Å². The minimum atomic E-state index is 0.00807. The number of hydrogen-bond donors (Lipinski definition) is 1. The first kappa shape index (κ1) is 11.9. The SMILES string of the molecule is O=C1CCC=CC(COCc2ccccc2)N1. The number of allylic oxidation sites excluding steroid dienone is 1. The van der Waals surface area contributed by atoms with Crippen molar-refractivity contribution >= 4 is 5.91 Å². The average molecular weight is 231 g/mol. The lowest BCUT2D eigenvalue weighted by molar-refractivity contribution is -0.121. The molecule has 0 aromatic heterocycles. The average Bonchev–Trinajstić information content (AvgIpc) is 2.55. The maximum absolute atomic E-state index is 11.3. The molecule has 1 aliphatic heterocycles. The molecule has 0 spiro atoms. The zero-order valence-electron chi connectivity index (χ0n) is 9.76. The molecule has 17 heavy (non-hydrogen) atoms. The summed E-state index contributed by atoms with van der Waals surface area (Å²) in [4.78, 5) is 11.3. The topological polar surface area (TPSA) is 38.3 Å². The number of hydrogen-bond acceptors (Lipinski definition) is 2. The minimum absolute atomic E-state index is 0.00807. The fourth-order valence-electron chi connectivity index (χ4n) is 1.78. The summed E-state index contributed by atoms with van der Waals surface area (Å²) in [6, 6.07) is 10.0. The van der Waals surface area contributed by atoms with Crippen molar-refractivity contribution < 1.29 is 9.53 Å². The zero-order chi connectivity index (χ0) is 11.9. The quantitative estimate of drug-likeness (QED) is 0.805. The van der Waals surface area contributed by atoms with Crippen molar-refractivity contribution in [3.05, 3.63) is 48.0 Å². The molecule has 0 saturated heterocycles. The number of carbonyl (C=O) groups excluding carboxylic acids is 1. The molecule has 90 valence electrons. The molecule has 1 unspecified atom stereocenters. The van der Waals surface area contributed by atoms with Crippen molar-refractivity contribution in [2.24, 2.45) is 0 Å². The molecule has 1 N–H and O–H groups in total. The van der Waals surface area contributed by atoms with Gasteiger partial charge in [-0.05, 0) is 12.0 Å². The molecule has 1 aliphatic rings. The van der Waals surface area contributed by atoms with E-state index in [1.54, 1.807) is 0 Å². The van der Waals surface area contributed by atoms with Crippen LogP contribution in [-0.2, 0) is 16.1 Å². The van der Waals surface area contributed by atoms with Crippen LogP contribution in [0.3, 0.4) is 0 Å². The smallest absolute Gasteiger partial charge is 0.220 e. The zero-order valence-corrected chi connectivity index (χ0v) is 9.76. The number of benzene rings is 1. The third-order valence-electron chi connectivity index (χ3n) is 2.66. The first-order valence-electron chi connectivity index (χ1n) is 5.92. The second-order valence-electron chi connectivity index (χ2n) is 4.14. The van der Waals surface area contributed by atoms with Crippen molar-refractivity contribution in [3.63, 3.8) is 0 Å². The van der Waals surface area contributed by atoms with Gasteiger partial charge in [0.05, 0.1) is 19.3 Å². The van der Waals surface area contributed by atoms with E-state index in [-0.39, 0.29) is 11.9 Å². The highest BCUT2D eigenvalue weighted by atomic mass is 16.5. The molecule has 0 bridgehead atoms. The number of ether oxygens (including phenoxy) is 1. The first-order chi connectivity index (χ1) is 8.34. The Morgan fingerprint density at radius 2 is 2.12 bits per heavy atom. The Kier molecular flexibility index (Phi) is 4.33. The molecule has 3 nitrogen and oxygen atoms in total. The van der Waals surface area contributed by atoms with Gasteiger partial charge in [-0.25, -0.2) is 0 Å². The van der Waals surface area contributed by atoms with E-state index in [1.165, 1.54) is 0 Å². The van der Waals surface area contributed by atoms with Crippen molar-refractivity contribution in [1.29, 1.82) is 0 Å². The maximum atomic E-state index is 11.3. The minimum Gasteiger partial charge on any atom is -0.374 e. The predicted molar refractivity (Wildman–Crippen MR) is 66.4 cm³/mol. The Morgan fingerprint density at radius 3 is 2.94 bits per heavy atom. The number of carbonyl (C=O) groups is 1. The van der Waals surface area contributed by atoms with Crippen LogP contribution in [-0.4, -0.2) is 18.6 Å². The third kappa shape index (κ3) is 4.04. The lowest BCUT2D eigenvalue weighted by atomic mass is 10.2. The third-order valence-corrected chi connectivity index (χ3v) is 2.66. The van der Waals surface area contributed by atoms with E-state index >= 15 is 0 Å². The van der Waals surface area contributed by atoms with E-state index in [1.807, 2.05) is 42.5 Å². The van der Waals surface area contributed by atoms with Gasteiger partial charge in [-0.2, -0.15) is 0 Å². The van der Waals surface area contributed by atoms with Crippen molar-refractivity contribution in [1.82, 2.24) is 5.32 Å². The van der Waals surface area contributed by atoms with Crippen LogP contribution < -0.4 is 5.32 Å². The number of amides is 1. The van der Waals surface area contributed by atoms with Gasteiger partial charge < -0.3 is 10.1 Å². The highest BCUT2D eigenvalue weighted by Crippen LogP contribution is 2.04. The molecule has 1 aromatic rings. The normalized spacial score (nSPS) is 19.8. The second kappa shape index (κ2) is 6.21. The van der Waals surface area contributed by atoms with Gasteiger partial charge >= 0.3 is 0 Å². The van der Waals surface area contributed by atoms with E-state index in [4.69, 9.17) is 4.74 Å². The van der Waals surface area contributed by atoms with Crippen molar-refractivity contribution in [2.75, 3.05) is 6.61 Å². The second-order valence-corrected chi connectivity index (χ2v) is 4.14. The first-order valence-corrected chi connectivity index (χ1v) is 5.92. The summed E-state index contributed by atoms with van der Waals surface area (Å²) in [7, 11) is 0. The monoisotopic (exact) mass is 231 g/mol. The maximum Gasteiger partial charge on any atom is 0.220 e. The molecule has 0 saturated carbocycles. The number of rotatable bonds is 4. The van der Waals surface area contributed by atoms with Gasteiger partial charge in [-0.15, -0.1) is 0 Å². The van der Waals surface area contributed by atoms with Gasteiger partial charge in [0.15, 0.2) is 0 Å². The fraction of sp³-hybridized carbons (Fsp3) is 0.357. The van der Waals surface area contributed by atoms with E-state index in [0.717, 1.165) is 12.0 Å². The van der Waals surface area contributed by atoms with E-state index in [2.05, 4.69) is 5.32 Å². The summed E-state index contributed by atoms with van der Waals surface area (Å²) in [5.41, 5.74) is 1.15. The Bertz CT molecular complexity index is 386. The standard InChI is InChI=1S/C14H17NO2/c16-14-9-5-4-8-13(15-14)11-17-10-12-6-2-1-3-7-12/h1-4,6-8,13H,5,9-11H2,(H,15,16). The van der Waals surface area contributed by atoms with Gasteiger partial charge in [0.25, 0.3) is 0 Å². The summed E-state index contributed by atoms with van der Waals surface area (Å²) in [6.45, 7) is 1.11. The summed E-state index contributed by atoms with van der Waals surface area (Å²) in [5, 5.41) is 2.91. The van der Waals surface area contributed by atoms with Gasteiger partial charge in [0.2, 0.25) is 5.91 Å². The molecule has 3 heteroatoms. The molecular weight excluding hydrogens is 214 g/mol. The van der Waals surface area contributed by atoms with Gasteiger partial charge in [-0.1, -0.05) is 42.5 Å². The summed E-state index contributed by atoms with van der Waals surface area (Å²) >= 11 is 0. The lowest BCUT2D eigenvalue weighted by Crippen LogP contribution is -2.35. The molecule has 1 heterocycles. The van der Waals surface area contributed by atoms with Gasteiger partial charge in [-0.3, -0.25) is 4.79 Å².